The van der Waals surface area contributed by atoms with Gasteiger partial charge in [0.1, 0.15) is 6.54 Å². The van der Waals surface area contributed by atoms with Gasteiger partial charge in [0.15, 0.2) is 0 Å². The Balaban J connectivity index is 1.66. The molecule has 20 heavy (non-hydrogen) atoms. The molecule has 2 saturated carbocycles. The van der Waals surface area contributed by atoms with Gasteiger partial charge in [0, 0.05) is 12.5 Å². The SMILES string of the molecule is O=C(O)CN(Cc1ccccc1)C(=O)[C@H]1C[C@H]1C1CC1. The summed E-state index contributed by atoms with van der Waals surface area (Å²) in [5.41, 5.74) is 0.978. The molecule has 0 spiro atoms. The van der Waals surface area contributed by atoms with Crippen LogP contribution in [0.4, 0.5) is 0 Å². The van der Waals surface area contributed by atoms with Gasteiger partial charge in [0.25, 0.3) is 0 Å². The van der Waals surface area contributed by atoms with Crippen LogP contribution in [0.1, 0.15) is 24.8 Å². The highest BCUT2D eigenvalue weighted by Crippen LogP contribution is 2.54. The number of carbonyl (C=O) groups is 2. The molecule has 0 aromatic heterocycles. The van der Waals surface area contributed by atoms with Crippen molar-refractivity contribution in [2.75, 3.05) is 6.54 Å². The van der Waals surface area contributed by atoms with E-state index in [1.807, 2.05) is 30.3 Å². The summed E-state index contributed by atoms with van der Waals surface area (Å²) in [7, 11) is 0. The van der Waals surface area contributed by atoms with Gasteiger partial charge in [0.05, 0.1) is 0 Å². The van der Waals surface area contributed by atoms with Crippen LogP contribution in [0.15, 0.2) is 30.3 Å². The van der Waals surface area contributed by atoms with E-state index in [0.717, 1.165) is 17.9 Å². The van der Waals surface area contributed by atoms with Gasteiger partial charge >= 0.3 is 5.97 Å². The zero-order valence-corrected chi connectivity index (χ0v) is 11.4. The van der Waals surface area contributed by atoms with Gasteiger partial charge in [0.2, 0.25) is 5.91 Å². The summed E-state index contributed by atoms with van der Waals surface area (Å²) in [5.74, 6) is 0.401. The Morgan fingerprint density at radius 1 is 1.20 bits per heavy atom. The molecule has 4 nitrogen and oxygen atoms in total. The molecular weight excluding hydrogens is 254 g/mol. The van der Waals surface area contributed by atoms with E-state index in [-0.39, 0.29) is 18.4 Å². The first-order chi connectivity index (χ1) is 9.65. The summed E-state index contributed by atoms with van der Waals surface area (Å²) in [6.07, 6.45) is 3.44. The van der Waals surface area contributed by atoms with Crippen LogP contribution in [0, 0.1) is 17.8 Å². The molecule has 2 aliphatic rings. The molecule has 0 bridgehead atoms. The highest BCUT2D eigenvalue weighted by molar-refractivity contribution is 5.85. The van der Waals surface area contributed by atoms with Crippen LogP contribution in [-0.2, 0) is 16.1 Å². The van der Waals surface area contributed by atoms with Crippen LogP contribution in [-0.4, -0.2) is 28.4 Å². The summed E-state index contributed by atoms with van der Waals surface area (Å²) in [5, 5.41) is 9.01. The van der Waals surface area contributed by atoms with Gasteiger partial charge in [-0.25, -0.2) is 0 Å². The molecule has 1 amide bonds. The first-order valence-electron chi connectivity index (χ1n) is 7.19. The van der Waals surface area contributed by atoms with Gasteiger partial charge < -0.3 is 10.0 Å². The van der Waals surface area contributed by atoms with E-state index in [1.165, 1.54) is 17.7 Å². The Morgan fingerprint density at radius 2 is 1.90 bits per heavy atom. The van der Waals surface area contributed by atoms with E-state index < -0.39 is 5.97 Å². The molecule has 1 aromatic rings. The molecular formula is C16H19NO3. The second kappa shape index (κ2) is 5.27. The van der Waals surface area contributed by atoms with Crippen LogP contribution < -0.4 is 0 Å². The Labute approximate surface area is 118 Å². The average Bonchev–Trinajstić information content (AvgIpc) is 3.27. The van der Waals surface area contributed by atoms with Crippen LogP contribution in [0.2, 0.25) is 0 Å². The third kappa shape index (κ3) is 3.00. The van der Waals surface area contributed by atoms with Crippen molar-refractivity contribution in [1.82, 2.24) is 4.90 Å². The van der Waals surface area contributed by atoms with Gasteiger partial charge in [-0.05, 0) is 36.7 Å². The quantitative estimate of drug-likeness (QED) is 0.864. The Hall–Kier alpha value is -1.84. The van der Waals surface area contributed by atoms with Crippen LogP contribution in [0.3, 0.4) is 0 Å². The molecule has 106 valence electrons. The zero-order valence-electron chi connectivity index (χ0n) is 11.4. The van der Waals surface area contributed by atoms with Gasteiger partial charge in [-0.2, -0.15) is 0 Å². The van der Waals surface area contributed by atoms with E-state index >= 15 is 0 Å². The maximum atomic E-state index is 12.5. The van der Waals surface area contributed by atoms with Crippen molar-refractivity contribution in [3.8, 4) is 0 Å². The molecule has 0 unspecified atom stereocenters. The Morgan fingerprint density at radius 3 is 2.50 bits per heavy atom. The van der Waals surface area contributed by atoms with E-state index in [9.17, 15) is 9.59 Å². The smallest absolute Gasteiger partial charge is 0.323 e. The highest BCUT2D eigenvalue weighted by atomic mass is 16.4. The summed E-state index contributed by atoms with van der Waals surface area (Å²) < 4.78 is 0. The largest absolute Gasteiger partial charge is 0.480 e. The topological polar surface area (TPSA) is 57.6 Å². The maximum absolute atomic E-state index is 12.5. The molecule has 2 aliphatic carbocycles. The lowest BCUT2D eigenvalue weighted by atomic mass is 10.1. The Kier molecular flexibility index (Phi) is 3.47. The fourth-order valence-electron chi connectivity index (χ4n) is 2.96. The summed E-state index contributed by atoms with van der Waals surface area (Å²) in [4.78, 5) is 24.9. The van der Waals surface area contributed by atoms with Crippen LogP contribution >= 0.6 is 0 Å². The molecule has 0 radical (unpaired) electrons. The molecule has 2 atom stereocenters. The molecule has 1 aromatic carbocycles. The normalized spacial score (nSPS) is 24.2. The monoisotopic (exact) mass is 273 g/mol. The number of hydrogen-bond acceptors (Lipinski definition) is 2. The molecule has 0 heterocycles. The number of rotatable bonds is 6. The minimum absolute atomic E-state index is 0.0214. The van der Waals surface area contributed by atoms with Crippen molar-refractivity contribution in [2.24, 2.45) is 17.8 Å². The van der Waals surface area contributed by atoms with Crippen molar-refractivity contribution in [3.63, 3.8) is 0 Å². The van der Waals surface area contributed by atoms with Crippen molar-refractivity contribution in [2.45, 2.75) is 25.8 Å². The first-order valence-corrected chi connectivity index (χ1v) is 7.19. The van der Waals surface area contributed by atoms with Gasteiger partial charge in [-0.15, -0.1) is 0 Å². The molecule has 3 rings (SSSR count). The molecule has 2 fully saturated rings. The third-order valence-corrected chi connectivity index (χ3v) is 4.24. The number of hydrogen-bond donors (Lipinski definition) is 1. The molecule has 0 aliphatic heterocycles. The standard InChI is InChI=1S/C16H19NO3/c18-15(19)10-17(9-11-4-2-1-3-5-11)16(20)14-8-13(14)12-6-7-12/h1-5,12-14H,6-10H2,(H,18,19)/t13-,14-/m0/s1. The molecule has 4 heteroatoms. The lowest BCUT2D eigenvalue weighted by molar-refractivity contribution is -0.145. The molecule has 0 saturated heterocycles. The lowest BCUT2D eigenvalue weighted by Crippen LogP contribution is -2.36. The fraction of sp³-hybridized carbons (Fsp3) is 0.500. The van der Waals surface area contributed by atoms with E-state index in [1.54, 1.807) is 0 Å². The predicted molar refractivity (Wildman–Crippen MR) is 73.8 cm³/mol. The summed E-state index contributed by atoms with van der Waals surface area (Å²) in [6, 6.07) is 9.57. The number of benzene rings is 1. The van der Waals surface area contributed by atoms with E-state index in [4.69, 9.17) is 5.11 Å². The van der Waals surface area contributed by atoms with E-state index in [0.29, 0.717) is 12.5 Å². The number of carbonyl (C=O) groups excluding carboxylic acids is 1. The second-order valence-electron chi connectivity index (χ2n) is 5.92. The van der Waals surface area contributed by atoms with Crippen molar-refractivity contribution in [3.05, 3.63) is 35.9 Å². The number of nitrogens with zero attached hydrogens (tertiary/aromatic N) is 1. The number of carboxylic acid groups (broad SMARTS) is 1. The van der Waals surface area contributed by atoms with E-state index in [2.05, 4.69) is 0 Å². The fourth-order valence-corrected chi connectivity index (χ4v) is 2.96. The first kappa shape index (κ1) is 13.2. The van der Waals surface area contributed by atoms with Crippen molar-refractivity contribution >= 4 is 11.9 Å². The highest BCUT2D eigenvalue weighted by Gasteiger charge is 2.52. The third-order valence-electron chi connectivity index (χ3n) is 4.24. The average molecular weight is 273 g/mol. The number of amides is 1. The second-order valence-corrected chi connectivity index (χ2v) is 5.92. The van der Waals surface area contributed by atoms with Crippen molar-refractivity contribution in [1.29, 1.82) is 0 Å². The van der Waals surface area contributed by atoms with Gasteiger partial charge in [-0.3, -0.25) is 9.59 Å². The maximum Gasteiger partial charge on any atom is 0.323 e. The van der Waals surface area contributed by atoms with Crippen LogP contribution in [0.5, 0.6) is 0 Å². The minimum atomic E-state index is -0.946. The Bertz CT molecular complexity index is 510. The van der Waals surface area contributed by atoms with Crippen LogP contribution in [0.25, 0.3) is 0 Å². The summed E-state index contributed by atoms with van der Waals surface area (Å²) in [6.45, 7) is 0.182. The van der Waals surface area contributed by atoms with Gasteiger partial charge in [-0.1, -0.05) is 30.3 Å². The zero-order chi connectivity index (χ0) is 14.1. The van der Waals surface area contributed by atoms with Crippen molar-refractivity contribution < 1.29 is 14.7 Å². The number of carboxylic acids is 1. The lowest BCUT2D eigenvalue weighted by Gasteiger charge is -2.21. The summed E-state index contributed by atoms with van der Waals surface area (Å²) >= 11 is 0. The number of aliphatic carboxylic acids is 1. The minimum Gasteiger partial charge on any atom is -0.480 e. The molecule has 1 N–H and O–H groups in total. The predicted octanol–water partition coefficient (Wildman–Crippen LogP) is 2.15.